The van der Waals surface area contributed by atoms with Crippen molar-refractivity contribution in [3.63, 3.8) is 0 Å². The van der Waals surface area contributed by atoms with E-state index in [0.717, 1.165) is 60.7 Å². The highest BCUT2D eigenvalue weighted by Crippen LogP contribution is 2.70. The van der Waals surface area contributed by atoms with Crippen LogP contribution in [0, 0.1) is 88.3 Å². The third-order valence-corrected chi connectivity index (χ3v) is 24.2. The molecule has 4 fully saturated rings. The summed E-state index contributed by atoms with van der Waals surface area (Å²) in [6.07, 6.45) is 69.3. The topological polar surface area (TPSA) is 15.7 Å². The minimum Gasteiger partial charge on any atom is -0.491 e. The molecule has 0 aromatic rings. The summed E-state index contributed by atoms with van der Waals surface area (Å²) in [5.41, 5.74) is 7.37. The summed E-state index contributed by atoms with van der Waals surface area (Å²) in [5, 5.41) is 0. The molecule has 3 nitrogen and oxygen atoms in total. The van der Waals surface area contributed by atoms with Crippen LogP contribution in [0.3, 0.4) is 0 Å². The number of hydrogen-bond donors (Lipinski definition) is 0. The molecule has 0 aromatic heterocycles. The zero-order chi connectivity index (χ0) is 49.9. The third-order valence-electron chi connectivity index (χ3n) is 24.2. The lowest BCUT2D eigenvalue weighted by Gasteiger charge is -2.56. The normalized spacial score (nSPS) is 45.0. The molecule has 0 aromatic carbocycles. The monoisotopic (exact) mass is 1000 g/mol. The van der Waals surface area contributed by atoms with E-state index in [1.165, 1.54) is 166 Å². The maximum absolute atomic E-state index is 15.3. The molecule has 12 aliphatic carbocycles. The molecule has 17 atom stereocenters. The van der Waals surface area contributed by atoms with Gasteiger partial charge in [-0.05, 0) is 261 Å². The molecule has 0 spiro atoms. The predicted octanol–water partition coefficient (Wildman–Crippen LogP) is 18.0. The molecule has 13 aliphatic rings. The first-order valence-corrected chi connectivity index (χ1v) is 32.0. The molecular formula is C70H97FN2O. The fourth-order valence-corrected chi connectivity index (χ4v) is 20.8. The first-order valence-electron chi connectivity index (χ1n) is 32.0. The van der Waals surface area contributed by atoms with Gasteiger partial charge in [0.25, 0.3) is 0 Å². The summed E-state index contributed by atoms with van der Waals surface area (Å²) in [6, 6.07) is 1.35. The van der Waals surface area contributed by atoms with Gasteiger partial charge in [0.2, 0.25) is 0 Å². The zero-order valence-corrected chi connectivity index (χ0v) is 46.1. The van der Waals surface area contributed by atoms with E-state index in [1.807, 2.05) is 11.6 Å². The Balaban J connectivity index is 0.757. The molecule has 0 saturated heterocycles. The highest BCUT2D eigenvalue weighted by Gasteiger charge is 2.65. The van der Waals surface area contributed by atoms with Crippen molar-refractivity contribution in [2.24, 2.45) is 88.3 Å². The number of allylic oxidation sites excluding steroid dienone is 14. The quantitative estimate of drug-likeness (QED) is 0.192. The van der Waals surface area contributed by atoms with Crippen LogP contribution in [0.2, 0.25) is 0 Å². The maximum Gasteiger partial charge on any atom is 0.119 e. The summed E-state index contributed by atoms with van der Waals surface area (Å²) >= 11 is 0. The van der Waals surface area contributed by atoms with Gasteiger partial charge in [-0.2, -0.15) is 0 Å². The molecule has 0 N–H and O–H groups in total. The molecule has 4 saturated carbocycles. The van der Waals surface area contributed by atoms with E-state index in [9.17, 15) is 0 Å². The lowest BCUT2D eigenvalue weighted by atomic mass is 9.50. The molecule has 74 heavy (non-hydrogen) atoms. The van der Waals surface area contributed by atoms with Gasteiger partial charge in [-0.15, -0.1) is 13.2 Å². The van der Waals surface area contributed by atoms with Crippen LogP contribution in [-0.2, 0) is 4.74 Å². The summed E-state index contributed by atoms with van der Waals surface area (Å²) in [6.45, 7) is 10.6. The maximum atomic E-state index is 15.3. The molecule has 13 rings (SSSR count). The van der Waals surface area contributed by atoms with Crippen molar-refractivity contribution in [1.29, 1.82) is 0 Å². The first kappa shape index (κ1) is 50.2. The minimum atomic E-state index is -0.818. The van der Waals surface area contributed by atoms with Crippen LogP contribution in [0.5, 0.6) is 0 Å². The second kappa shape index (κ2) is 21.5. The Kier molecular flexibility index (Phi) is 14.6. The number of rotatable bonds is 11. The van der Waals surface area contributed by atoms with E-state index in [2.05, 4.69) is 103 Å². The Hall–Kier alpha value is -3.27. The van der Waals surface area contributed by atoms with E-state index in [-0.39, 0.29) is 12.1 Å². The van der Waals surface area contributed by atoms with Crippen LogP contribution in [0.15, 0.2) is 121 Å². The van der Waals surface area contributed by atoms with Gasteiger partial charge in [0.05, 0.1) is 11.8 Å². The van der Waals surface area contributed by atoms with Crippen LogP contribution in [0.4, 0.5) is 4.39 Å². The molecule has 0 bridgehead atoms. The molecular weight excluding hydrogens is 904 g/mol. The smallest absolute Gasteiger partial charge is 0.119 e. The third kappa shape index (κ3) is 9.14. The average molecular weight is 1000 g/mol. The number of halogens is 1. The average Bonchev–Trinajstić information content (AvgIpc) is 4.06. The van der Waals surface area contributed by atoms with Gasteiger partial charge in [-0.1, -0.05) is 93.0 Å². The largest absolute Gasteiger partial charge is 0.491 e. The zero-order valence-electron chi connectivity index (χ0n) is 46.1. The van der Waals surface area contributed by atoms with E-state index < -0.39 is 6.17 Å². The summed E-state index contributed by atoms with van der Waals surface area (Å²) in [4.78, 5) is 5.94. The van der Waals surface area contributed by atoms with E-state index in [4.69, 9.17) is 4.74 Å². The summed E-state index contributed by atoms with van der Waals surface area (Å²) in [7, 11) is 0. The van der Waals surface area contributed by atoms with Crippen LogP contribution in [0.1, 0.15) is 193 Å². The highest BCUT2D eigenvalue weighted by atomic mass is 19.1. The molecule has 1 aliphatic heterocycles. The van der Waals surface area contributed by atoms with Gasteiger partial charge in [-0.3, -0.25) is 0 Å². The van der Waals surface area contributed by atoms with Gasteiger partial charge in [0.1, 0.15) is 12.3 Å². The van der Waals surface area contributed by atoms with Crippen LogP contribution in [0.25, 0.3) is 0 Å². The Morgan fingerprint density at radius 2 is 1.54 bits per heavy atom. The fourth-order valence-electron chi connectivity index (χ4n) is 20.8. The van der Waals surface area contributed by atoms with Crippen molar-refractivity contribution in [2.45, 2.75) is 224 Å². The lowest BCUT2D eigenvalue weighted by Crippen LogP contribution is -2.53. The predicted molar refractivity (Wildman–Crippen MR) is 304 cm³/mol. The van der Waals surface area contributed by atoms with Crippen molar-refractivity contribution >= 4 is 0 Å². The number of ether oxygens (including phenoxy) is 1. The van der Waals surface area contributed by atoms with Crippen molar-refractivity contribution in [1.82, 2.24) is 9.80 Å². The highest BCUT2D eigenvalue weighted by molar-refractivity contribution is 5.39. The van der Waals surface area contributed by atoms with E-state index in [0.29, 0.717) is 65.3 Å². The molecule has 16 unspecified atom stereocenters. The number of nitrogens with zero attached hydrogens (tertiary/aromatic N) is 2. The fraction of sp³-hybridized carbons (Fsp3) is 0.714. The molecule has 4 heteroatoms. The van der Waals surface area contributed by atoms with E-state index in [1.54, 1.807) is 17.1 Å². The minimum absolute atomic E-state index is 0.211. The second-order valence-corrected chi connectivity index (χ2v) is 27.6. The SMILES string of the molecule is C=CC1C=CC(OC2=CCC(C3(C4CCCCC4)C4C=CCCC4C4C=CC(N(C5=CCC6CC(C7CCC8=C(C7)[C@H]7CCCC=C7N8C7CCC(C=C)CC7)CCC6C5)C5C=CC(F)CC5C)CC43)CC2)CC1. The Labute approximate surface area is 449 Å². The molecule has 1 heterocycles. The van der Waals surface area contributed by atoms with Crippen LogP contribution < -0.4 is 0 Å². The van der Waals surface area contributed by atoms with Gasteiger partial charge in [0, 0.05) is 41.5 Å². The lowest BCUT2D eigenvalue weighted by molar-refractivity contribution is -0.0506. The standard InChI is InChI=1S/C70H97FN2O/c1-4-47-19-30-56(31-20-47)73-68-18-12-10-16-63(68)64-44-52(26-39-69(64)73)49-23-24-51-43-57(32-25-50(51)42-49)72(67-40-29-55(71)41-46(67)3)58-33-38-62-61-15-9-11-17-65(61)70(66(62)45-58,53-13-7-6-8-14-53)54-27-36-60(37-28-54)74-59-34-21-48(5-2)22-35-59/h4-5,11,17-18,21,29,32-34,36,38,40,46-56,58-59,61-63,65-67H,1-2,6-10,12-16,19-20,22-28,30-31,35,37,39,41-45H2,3H3/t46?,47?,48?,49?,50?,51?,52?,54?,55?,56?,58?,59?,61?,62?,63-,65?,66?,67?,70?/m1/s1. The van der Waals surface area contributed by atoms with Crippen molar-refractivity contribution < 1.29 is 9.13 Å². The van der Waals surface area contributed by atoms with Crippen LogP contribution >= 0.6 is 0 Å². The molecule has 400 valence electrons. The van der Waals surface area contributed by atoms with Gasteiger partial charge < -0.3 is 14.5 Å². The Bertz CT molecular complexity index is 2310. The Morgan fingerprint density at radius 3 is 2.34 bits per heavy atom. The van der Waals surface area contributed by atoms with Crippen molar-refractivity contribution in [3.8, 4) is 0 Å². The number of fused-ring (bicyclic) bond motifs is 6. The summed E-state index contributed by atoms with van der Waals surface area (Å²) in [5.74, 6) is 11.1. The molecule has 0 radical (unpaired) electrons. The number of alkyl halides is 1. The van der Waals surface area contributed by atoms with Gasteiger partial charge in [0.15, 0.2) is 0 Å². The molecule has 0 amide bonds. The van der Waals surface area contributed by atoms with Crippen molar-refractivity contribution in [3.05, 3.63) is 121 Å². The van der Waals surface area contributed by atoms with Gasteiger partial charge >= 0.3 is 0 Å². The Morgan fingerprint density at radius 1 is 0.676 bits per heavy atom. The summed E-state index contributed by atoms with van der Waals surface area (Å²) < 4.78 is 22.2. The number of hydrogen-bond acceptors (Lipinski definition) is 3. The van der Waals surface area contributed by atoms with Crippen LogP contribution in [-0.4, -0.2) is 40.2 Å². The first-order chi connectivity index (χ1) is 36.4. The van der Waals surface area contributed by atoms with Gasteiger partial charge in [-0.25, -0.2) is 4.39 Å². The van der Waals surface area contributed by atoms with E-state index >= 15 is 4.39 Å². The van der Waals surface area contributed by atoms with Crippen molar-refractivity contribution in [2.75, 3.05) is 0 Å². The second-order valence-electron chi connectivity index (χ2n) is 27.6.